The fourth-order valence-electron chi connectivity index (χ4n) is 2.80. The number of nitrogens with zero attached hydrogens (tertiary/aromatic N) is 3. The highest BCUT2D eigenvalue weighted by molar-refractivity contribution is 7.99. The Morgan fingerprint density at radius 3 is 2.76 bits per heavy atom. The van der Waals surface area contributed by atoms with E-state index in [0.29, 0.717) is 15.7 Å². The van der Waals surface area contributed by atoms with E-state index in [1.807, 2.05) is 36.8 Å². The van der Waals surface area contributed by atoms with E-state index in [4.69, 9.17) is 4.74 Å². The molecule has 1 amide bonds. The molecule has 29 heavy (non-hydrogen) atoms. The maximum Gasteiger partial charge on any atom is 0.341 e. The number of esters is 1. The molecule has 0 aliphatic heterocycles. The molecule has 154 valence electrons. The van der Waals surface area contributed by atoms with Crippen LogP contribution in [0.4, 0.5) is 5.00 Å². The number of carbonyl (C=O) groups excluding carboxylic acids is 2. The van der Waals surface area contributed by atoms with E-state index < -0.39 is 5.97 Å². The van der Waals surface area contributed by atoms with Crippen LogP contribution in [-0.2, 0) is 22.5 Å². The Kier molecular flexibility index (Phi) is 7.09. The van der Waals surface area contributed by atoms with E-state index in [2.05, 4.69) is 21.6 Å². The number of thiophene rings is 2. The van der Waals surface area contributed by atoms with Gasteiger partial charge in [0.2, 0.25) is 5.91 Å². The Hall–Kier alpha value is -2.17. The van der Waals surface area contributed by atoms with Crippen molar-refractivity contribution in [3.63, 3.8) is 0 Å². The molecule has 0 spiro atoms. The number of carbonyl (C=O) groups is 2. The third-order valence-electron chi connectivity index (χ3n) is 4.38. The van der Waals surface area contributed by atoms with Crippen LogP contribution in [-0.4, -0.2) is 39.5 Å². The van der Waals surface area contributed by atoms with Crippen molar-refractivity contribution in [1.29, 1.82) is 0 Å². The van der Waals surface area contributed by atoms with Crippen LogP contribution in [0.25, 0.3) is 0 Å². The molecule has 3 aromatic rings. The van der Waals surface area contributed by atoms with Gasteiger partial charge in [0, 0.05) is 22.7 Å². The molecule has 0 unspecified atom stereocenters. The molecule has 10 heteroatoms. The fourth-order valence-corrected chi connectivity index (χ4v) is 5.39. The summed E-state index contributed by atoms with van der Waals surface area (Å²) in [6.45, 7) is 6.52. The van der Waals surface area contributed by atoms with E-state index >= 15 is 0 Å². The predicted molar refractivity (Wildman–Crippen MR) is 117 cm³/mol. The van der Waals surface area contributed by atoms with Gasteiger partial charge in [-0.05, 0) is 37.8 Å². The van der Waals surface area contributed by atoms with E-state index in [-0.39, 0.29) is 11.7 Å². The van der Waals surface area contributed by atoms with Gasteiger partial charge in [-0.25, -0.2) is 4.79 Å². The summed E-state index contributed by atoms with van der Waals surface area (Å²) in [5, 5.41) is 14.7. The summed E-state index contributed by atoms with van der Waals surface area (Å²) >= 11 is 4.39. The second-order valence-corrected chi connectivity index (χ2v) is 9.41. The van der Waals surface area contributed by atoms with Crippen LogP contribution in [0.15, 0.2) is 22.7 Å². The molecule has 0 atom stereocenters. The number of ether oxygens (including phenoxy) is 1. The van der Waals surface area contributed by atoms with Crippen LogP contribution < -0.4 is 5.32 Å². The lowest BCUT2D eigenvalue weighted by Crippen LogP contribution is -2.16. The van der Waals surface area contributed by atoms with Gasteiger partial charge < -0.3 is 14.6 Å². The van der Waals surface area contributed by atoms with Gasteiger partial charge in [-0.1, -0.05) is 17.8 Å². The average Bonchev–Trinajstić information content (AvgIpc) is 3.41. The number of methoxy groups -OCH3 is 1. The molecule has 0 aliphatic carbocycles. The zero-order valence-corrected chi connectivity index (χ0v) is 19.1. The highest BCUT2D eigenvalue weighted by Gasteiger charge is 2.22. The van der Waals surface area contributed by atoms with E-state index in [1.165, 1.54) is 35.1 Å². The summed E-state index contributed by atoms with van der Waals surface area (Å²) in [6, 6.07) is 4.09. The zero-order valence-electron chi connectivity index (χ0n) is 16.6. The third-order valence-corrected chi connectivity index (χ3v) is 7.35. The summed E-state index contributed by atoms with van der Waals surface area (Å²) in [6.07, 6.45) is 0.724. The largest absolute Gasteiger partial charge is 0.465 e. The Balaban J connectivity index is 1.67. The first-order valence-electron chi connectivity index (χ1n) is 9.00. The smallest absolute Gasteiger partial charge is 0.341 e. The minimum Gasteiger partial charge on any atom is -0.465 e. The Bertz CT molecular complexity index is 1010. The first kappa shape index (κ1) is 21.5. The Labute approximate surface area is 181 Å². The topological polar surface area (TPSA) is 86.1 Å². The fraction of sp³-hybridized carbons (Fsp3) is 0.368. The van der Waals surface area contributed by atoms with Crippen molar-refractivity contribution in [2.45, 2.75) is 38.9 Å². The average molecular weight is 451 g/mol. The predicted octanol–water partition coefficient (Wildman–Crippen LogP) is 4.15. The second kappa shape index (κ2) is 9.55. The maximum atomic E-state index is 12.5. The monoisotopic (exact) mass is 450 g/mol. The third kappa shape index (κ3) is 4.88. The molecule has 3 aromatic heterocycles. The van der Waals surface area contributed by atoms with Gasteiger partial charge in [-0.3, -0.25) is 4.79 Å². The molecule has 0 aliphatic rings. The standard InChI is InChI=1S/C19H22N4O3S3/c1-5-23-14(9-13-7-6-8-27-13)21-22-19(23)28-10-15(24)20-17-16(18(25)26-4)11(2)12(3)29-17/h6-8H,5,9-10H2,1-4H3,(H,20,24). The number of aromatic nitrogens is 3. The number of rotatable bonds is 8. The van der Waals surface area contributed by atoms with Crippen molar-refractivity contribution < 1.29 is 14.3 Å². The van der Waals surface area contributed by atoms with Gasteiger partial charge in [-0.2, -0.15) is 0 Å². The number of hydrogen-bond acceptors (Lipinski definition) is 8. The normalized spacial score (nSPS) is 10.9. The van der Waals surface area contributed by atoms with Crippen LogP contribution in [0.1, 0.15) is 38.4 Å². The lowest BCUT2D eigenvalue weighted by atomic mass is 10.1. The van der Waals surface area contributed by atoms with Crippen LogP contribution in [0.5, 0.6) is 0 Å². The van der Waals surface area contributed by atoms with Crippen molar-refractivity contribution in [2.24, 2.45) is 0 Å². The Morgan fingerprint density at radius 2 is 2.10 bits per heavy atom. The van der Waals surface area contributed by atoms with Crippen LogP contribution in [0.3, 0.4) is 0 Å². The van der Waals surface area contributed by atoms with Gasteiger partial charge in [0.1, 0.15) is 10.8 Å². The molecule has 0 radical (unpaired) electrons. The molecular weight excluding hydrogens is 428 g/mol. The highest BCUT2D eigenvalue weighted by Crippen LogP contribution is 2.33. The number of amides is 1. The van der Waals surface area contributed by atoms with Crippen molar-refractivity contribution in [2.75, 3.05) is 18.2 Å². The van der Waals surface area contributed by atoms with Gasteiger partial charge in [0.25, 0.3) is 0 Å². The molecule has 7 nitrogen and oxygen atoms in total. The first-order valence-corrected chi connectivity index (χ1v) is 11.7. The molecule has 0 saturated heterocycles. The molecule has 0 fully saturated rings. The van der Waals surface area contributed by atoms with Crippen molar-refractivity contribution in [3.8, 4) is 0 Å². The van der Waals surface area contributed by atoms with Gasteiger partial charge in [-0.15, -0.1) is 32.9 Å². The van der Waals surface area contributed by atoms with Crippen molar-refractivity contribution >= 4 is 51.3 Å². The summed E-state index contributed by atoms with van der Waals surface area (Å²) in [4.78, 5) is 26.7. The molecule has 1 N–H and O–H groups in total. The van der Waals surface area contributed by atoms with E-state index in [1.54, 1.807) is 11.3 Å². The number of nitrogens with one attached hydrogen (secondary N) is 1. The maximum absolute atomic E-state index is 12.5. The van der Waals surface area contributed by atoms with Crippen LogP contribution in [0.2, 0.25) is 0 Å². The second-order valence-electron chi connectivity index (χ2n) is 6.22. The highest BCUT2D eigenvalue weighted by atomic mass is 32.2. The van der Waals surface area contributed by atoms with Gasteiger partial charge >= 0.3 is 5.97 Å². The number of hydrogen-bond donors (Lipinski definition) is 1. The van der Waals surface area contributed by atoms with Crippen molar-refractivity contribution in [3.05, 3.63) is 44.2 Å². The summed E-state index contributed by atoms with van der Waals surface area (Å²) in [5.74, 6) is 0.411. The van der Waals surface area contributed by atoms with E-state index in [9.17, 15) is 9.59 Å². The molecule has 0 bridgehead atoms. The van der Waals surface area contributed by atoms with Gasteiger partial charge in [0.15, 0.2) is 5.16 Å². The number of anilines is 1. The van der Waals surface area contributed by atoms with Gasteiger partial charge in [0.05, 0.1) is 18.4 Å². The van der Waals surface area contributed by atoms with Crippen LogP contribution >= 0.6 is 34.4 Å². The number of thioether (sulfide) groups is 1. The number of aryl methyl sites for hydroxylation is 1. The van der Waals surface area contributed by atoms with E-state index in [0.717, 1.165) is 29.2 Å². The molecule has 3 heterocycles. The zero-order chi connectivity index (χ0) is 21.0. The molecule has 3 rings (SSSR count). The van der Waals surface area contributed by atoms with Crippen molar-refractivity contribution in [1.82, 2.24) is 14.8 Å². The minimum atomic E-state index is -0.446. The summed E-state index contributed by atoms with van der Waals surface area (Å²) in [5.41, 5.74) is 1.25. The SMILES string of the molecule is CCn1c(Cc2cccs2)nnc1SCC(=O)Nc1sc(C)c(C)c1C(=O)OC. The molecular formula is C19H22N4O3S3. The summed E-state index contributed by atoms with van der Waals surface area (Å²) < 4.78 is 6.87. The lowest BCUT2D eigenvalue weighted by Gasteiger charge is -2.08. The molecule has 0 saturated carbocycles. The first-order chi connectivity index (χ1) is 13.9. The van der Waals surface area contributed by atoms with Crippen LogP contribution in [0, 0.1) is 13.8 Å². The lowest BCUT2D eigenvalue weighted by molar-refractivity contribution is -0.113. The minimum absolute atomic E-state index is 0.174. The summed E-state index contributed by atoms with van der Waals surface area (Å²) in [7, 11) is 1.33. The Morgan fingerprint density at radius 1 is 1.31 bits per heavy atom. The quantitative estimate of drug-likeness (QED) is 0.410. The molecule has 0 aromatic carbocycles.